The first-order valence-electron chi connectivity index (χ1n) is 5.48. The first kappa shape index (κ1) is 13.8. The van der Waals surface area contributed by atoms with E-state index in [0.29, 0.717) is 12.4 Å². The van der Waals surface area contributed by atoms with Crippen LogP contribution < -0.4 is 5.73 Å². The minimum atomic E-state index is -4.26. The molecule has 0 atom stereocenters. The first-order chi connectivity index (χ1) is 8.83. The van der Waals surface area contributed by atoms with Crippen LogP contribution in [-0.2, 0) is 6.54 Å². The monoisotopic (exact) mass is 287 g/mol. The summed E-state index contributed by atoms with van der Waals surface area (Å²) < 4.78 is 38.1. The van der Waals surface area contributed by atoms with Gasteiger partial charge in [0.2, 0.25) is 0 Å². The van der Waals surface area contributed by atoms with E-state index in [-0.39, 0.29) is 16.7 Å². The van der Waals surface area contributed by atoms with Gasteiger partial charge in [-0.05, 0) is 36.4 Å². The molecule has 1 heterocycles. The van der Waals surface area contributed by atoms with Gasteiger partial charge in [-0.25, -0.2) is 4.68 Å². The summed E-state index contributed by atoms with van der Waals surface area (Å²) in [4.78, 5) is 0.167. The number of rotatable bonds is 3. The molecule has 2 rings (SSSR count). The van der Waals surface area contributed by atoms with Crippen molar-refractivity contribution in [1.29, 1.82) is 0 Å². The Balaban J connectivity index is 2.09. The second-order valence-electron chi connectivity index (χ2n) is 4.06. The van der Waals surface area contributed by atoms with Crippen LogP contribution in [0.2, 0.25) is 0 Å². The van der Waals surface area contributed by atoms with Gasteiger partial charge in [-0.3, -0.25) is 0 Å². The molecule has 0 aliphatic rings. The Morgan fingerprint density at radius 3 is 2.37 bits per heavy atom. The summed E-state index contributed by atoms with van der Waals surface area (Å²) in [7, 11) is 0. The first-order valence-corrected chi connectivity index (χ1v) is 6.30. The van der Waals surface area contributed by atoms with Crippen molar-refractivity contribution in [2.45, 2.75) is 23.9 Å². The number of anilines is 1. The van der Waals surface area contributed by atoms with Gasteiger partial charge in [-0.1, -0.05) is 12.1 Å². The Morgan fingerprint density at radius 1 is 1.26 bits per heavy atom. The number of hydrogen-bond donors (Lipinski definition) is 1. The quantitative estimate of drug-likeness (QED) is 0.879. The molecule has 0 radical (unpaired) electrons. The smallest absolute Gasteiger partial charge is 0.384 e. The summed E-state index contributed by atoms with van der Waals surface area (Å²) in [5, 5.41) is 4.19. The van der Waals surface area contributed by atoms with E-state index < -0.39 is 5.51 Å². The molecule has 0 saturated carbocycles. The normalized spacial score (nSPS) is 11.8. The Hall–Kier alpha value is -1.63. The number of nitrogens with two attached hydrogens (primary N) is 1. The lowest BCUT2D eigenvalue weighted by molar-refractivity contribution is -0.0328. The number of benzene rings is 1. The van der Waals surface area contributed by atoms with Gasteiger partial charge in [0, 0.05) is 11.0 Å². The molecule has 0 amide bonds. The van der Waals surface area contributed by atoms with E-state index in [1.165, 1.54) is 12.1 Å². The predicted octanol–water partition coefficient (Wildman–Crippen LogP) is 3.43. The maximum Gasteiger partial charge on any atom is 0.446 e. The average Bonchev–Trinajstić information content (AvgIpc) is 2.58. The highest BCUT2D eigenvalue weighted by molar-refractivity contribution is 8.00. The summed E-state index contributed by atoms with van der Waals surface area (Å²) in [6.45, 7) is 2.27. The average molecular weight is 287 g/mol. The number of hydrogen-bond acceptors (Lipinski definition) is 3. The molecular formula is C12H12F3N3S. The van der Waals surface area contributed by atoms with Crippen molar-refractivity contribution >= 4 is 17.6 Å². The SMILES string of the molecule is Cc1cc(N)n(Cc2ccc(SC(F)(F)F)cc2)n1. The summed E-state index contributed by atoms with van der Waals surface area (Å²) in [6.07, 6.45) is 0. The molecule has 19 heavy (non-hydrogen) atoms. The van der Waals surface area contributed by atoms with Gasteiger partial charge in [0.15, 0.2) is 0 Å². The van der Waals surface area contributed by atoms with Crippen LogP contribution in [0, 0.1) is 6.92 Å². The van der Waals surface area contributed by atoms with Crippen LogP contribution in [0.5, 0.6) is 0 Å². The third kappa shape index (κ3) is 3.92. The van der Waals surface area contributed by atoms with Crippen LogP contribution >= 0.6 is 11.8 Å². The van der Waals surface area contributed by atoms with Crippen molar-refractivity contribution < 1.29 is 13.2 Å². The molecule has 0 fully saturated rings. The number of thioether (sulfide) groups is 1. The fourth-order valence-corrected chi connectivity index (χ4v) is 2.20. The lowest BCUT2D eigenvalue weighted by Gasteiger charge is -2.07. The second kappa shape index (κ2) is 5.16. The minimum Gasteiger partial charge on any atom is -0.384 e. The molecule has 7 heteroatoms. The van der Waals surface area contributed by atoms with Crippen LogP contribution in [0.25, 0.3) is 0 Å². The van der Waals surface area contributed by atoms with Crippen molar-refractivity contribution in [2.75, 3.05) is 5.73 Å². The molecule has 2 N–H and O–H groups in total. The van der Waals surface area contributed by atoms with Crippen LogP contribution in [0.1, 0.15) is 11.3 Å². The summed E-state index contributed by atoms with van der Waals surface area (Å²) >= 11 is -0.124. The van der Waals surface area contributed by atoms with Crippen molar-refractivity contribution in [3.8, 4) is 0 Å². The molecule has 0 bridgehead atoms. The maximum absolute atomic E-state index is 12.2. The largest absolute Gasteiger partial charge is 0.446 e. The Labute approximate surface area is 112 Å². The van der Waals surface area contributed by atoms with E-state index in [9.17, 15) is 13.2 Å². The Kier molecular flexibility index (Phi) is 3.75. The number of alkyl halides is 3. The maximum atomic E-state index is 12.2. The highest BCUT2D eigenvalue weighted by Gasteiger charge is 2.28. The molecule has 3 nitrogen and oxygen atoms in total. The summed E-state index contributed by atoms with van der Waals surface area (Å²) in [5.74, 6) is 0.534. The predicted molar refractivity (Wildman–Crippen MR) is 68.8 cm³/mol. The van der Waals surface area contributed by atoms with Crippen LogP contribution in [0.3, 0.4) is 0 Å². The van der Waals surface area contributed by atoms with E-state index in [1.807, 2.05) is 6.92 Å². The zero-order valence-corrected chi connectivity index (χ0v) is 10.9. The summed E-state index contributed by atoms with van der Waals surface area (Å²) in [6, 6.07) is 7.92. The fourth-order valence-electron chi connectivity index (χ4n) is 1.66. The van der Waals surface area contributed by atoms with Crippen molar-refractivity contribution in [3.05, 3.63) is 41.6 Å². The van der Waals surface area contributed by atoms with Crippen molar-refractivity contribution in [2.24, 2.45) is 0 Å². The van der Waals surface area contributed by atoms with Gasteiger partial charge >= 0.3 is 5.51 Å². The van der Waals surface area contributed by atoms with Gasteiger partial charge in [0.25, 0.3) is 0 Å². The molecule has 1 aromatic heterocycles. The van der Waals surface area contributed by atoms with Gasteiger partial charge in [0.05, 0.1) is 12.2 Å². The second-order valence-corrected chi connectivity index (χ2v) is 5.20. The highest BCUT2D eigenvalue weighted by atomic mass is 32.2. The minimum absolute atomic E-state index is 0.124. The lowest BCUT2D eigenvalue weighted by Crippen LogP contribution is -2.06. The van der Waals surface area contributed by atoms with Crippen LogP contribution in [0.4, 0.5) is 19.0 Å². The number of aryl methyl sites for hydroxylation is 1. The fraction of sp³-hybridized carbons (Fsp3) is 0.250. The van der Waals surface area contributed by atoms with Gasteiger partial charge < -0.3 is 5.73 Å². The molecule has 1 aromatic carbocycles. The van der Waals surface area contributed by atoms with Gasteiger partial charge in [-0.15, -0.1) is 0 Å². The van der Waals surface area contributed by atoms with Gasteiger partial charge in [-0.2, -0.15) is 18.3 Å². The van der Waals surface area contributed by atoms with Gasteiger partial charge in [0.1, 0.15) is 5.82 Å². The third-order valence-corrected chi connectivity index (χ3v) is 3.16. The molecule has 2 aromatic rings. The topological polar surface area (TPSA) is 43.8 Å². The number of halogens is 3. The zero-order chi connectivity index (χ0) is 14.0. The molecule has 0 saturated heterocycles. The number of nitrogen functional groups attached to an aromatic ring is 1. The Bertz CT molecular complexity index is 561. The Morgan fingerprint density at radius 2 is 1.89 bits per heavy atom. The van der Waals surface area contributed by atoms with Crippen molar-refractivity contribution in [3.63, 3.8) is 0 Å². The van der Waals surface area contributed by atoms with Crippen LogP contribution in [0.15, 0.2) is 35.2 Å². The van der Waals surface area contributed by atoms with Crippen LogP contribution in [-0.4, -0.2) is 15.3 Å². The number of aromatic nitrogens is 2. The molecule has 0 aliphatic carbocycles. The standard InChI is InChI=1S/C12H12F3N3S/c1-8-6-11(16)18(17-8)7-9-2-4-10(5-3-9)19-12(13,14)15/h2-6H,7,16H2,1H3. The zero-order valence-electron chi connectivity index (χ0n) is 10.1. The molecule has 0 spiro atoms. The van der Waals surface area contributed by atoms with E-state index in [0.717, 1.165) is 11.3 Å². The molecule has 102 valence electrons. The third-order valence-electron chi connectivity index (χ3n) is 2.42. The van der Waals surface area contributed by atoms with E-state index in [2.05, 4.69) is 5.10 Å². The molecule has 0 unspecified atom stereocenters. The highest BCUT2D eigenvalue weighted by Crippen LogP contribution is 2.36. The molecule has 0 aliphatic heterocycles. The van der Waals surface area contributed by atoms with Crippen molar-refractivity contribution in [1.82, 2.24) is 9.78 Å². The molecular weight excluding hydrogens is 275 g/mol. The van der Waals surface area contributed by atoms with E-state index in [4.69, 9.17) is 5.73 Å². The van der Waals surface area contributed by atoms with E-state index >= 15 is 0 Å². The summed E-state index contributed by atoms with van der Waals surface area (Å²) in [5.41, 5.74) is 3.15. The lowest BCUT2D eigenvalue weighted by atomic mass is 10.2. The van der Waals surface area contributed by atoms with E-state index in [1.54, 1.807) is 22.9 Å². The number of nitrogens with zero attached hydrogens (tertiary/aromatic N) is 2.